The average Bonchev–Trinajstić information content (AvgIpc) is 1.97. The lowest BCUT2D eigenvalue weighted by atomic mass is 9.92. The quantitative estimate of drug-likeness (QED) is 0.656. The summed E-state index contributed by atoms with van der Waals surface area (Å²) in [6.07, 6.45) is 1.30. The summed E-state index contributed by atoms with van der Waals surface area (Å²) in [6, 6.07) is 0. The van der Waals surface area contributed by atoms with Crippen LogP contribution in [0, 0.1) is 0 Å². The fourth-order valence-corrected chi connectivity index (χ4v) is 3.05. The second kappa shape index (κ2) is 4.07. The van der Waals surface area contributed by atoms with Gasteiger partial charge in [0.05, 0.1) is 5.60 Å². The Morgan fingerprint density at radius 3 is 2.40 bits per heavy atom. The monoisotopic (exact) mass is 237 g/mol. The Morgan fingerprint density at radius 1 is 1.47 bits per heavy atom. The number of rotatable bonds is 5. The lowest BCUT2D eigenvalue weighted by molar-refractivity contribution is -0.134. The molecule has 0 spiro atoms. The van der Waals surface area contributed by atoms with E-state index in [1.807, 2.05) is 6.92 Å². The van der Waals surface area contributed by atoms with Gasteiger partial charge in [-0.15, -0.1) is 0 Å². The summed E-state index contributed by atoms with van der Waals surface area (Å²) >= 11 is 0. The van der Waals surface area contributed by atoms with Gasteiger partial charge >= 0.3 is 5.97 Å². The summed E-state index contributed by atoms with van der Waals surface area (Å²) in [5.41, 5.74) is -0.958. The summed E-state index contributed by atoms with van der Waals surface area (Å²) in [7, 11) is -3.74. The smallest absolute Gasteiger partial charge is 0.320 e. The van der Waals surface area contributed by atoms with Gasteiger partial charge in [-0.2, -0.15) is 4.31 Å². The molecule has 7 heteroatoms. The van der Waals surface area contributed by atoms with Crippen molar-refractivity contribution in [3.63, 3.8) is 0 Å². The van der Waals surface area contributed by atoms with Crippen molar-refractivity contribution in [3.05, 3.63) is 0 Å². The minimum atomic E-state index is -3.74. The zero-order valence-electron chi connectivity index (χ0n) is 8.51. The van der Waals surface area contributed by atoms with Crippen molar-refractivity contribution in [2.24, 2.45) is 0 Å². The van der Waals surface area contributed by atoms with E-state index in [2.05, 4.69) is 0 Å². The van der Waals surface area contributed by atoms with Crippen LogP contribution >= 0.6 is 0 Å². The number of hydrogen-bond acceptors (Lipinski definition) is 4. The Kier molecular flexibility index (Phi) is 3.37. The first kappa shape index (κ1) is 12.4. The van der Waals surface area contributed by atoms with Gasteiger partial charge in [0.25, 0.3) is 0 Å². The van der Waals surface area contributed by atoms with Gasteiger partial charge in [0.2, 0.25) is 10.0 Å². The van der Waals surface area contributed by atoms with Crippen LogP contribution in [0.4, 0.5) is 0 Å². The van der Waals surface area contributed by atoms with Gasteiger partial charge in [0.1, 0.15) is 0 Å². The van der Waals surface area contributed by atoms with Crippen LogP contribution in [-0.4, -0.2) is 53.3 Å². The summed E-state index contributed by atoms with van der Waals surface area (Å²) in [5.74, 6) is -2.28. The van der Waals surface area contributed by atoms with Gasteiger partial charge < -0.3 is 10.2 Å². The number of aliphatic carboxylic acids is 1. The van der Waals surface area contributed by atoms with E-state index < -0.39 is 27.3 Å². The van der Waals surface area contributed by atoms with Crippen LogP contribution in [0.25, 0.3) is 0 Å². The molecule has 0 amide bonds. The molecule has 1 saturated heterocycles. The van der Waals surface area contributed by atoms with Gasteiger partial charge in [-0.25, -0.2) is 8.42 Å². The second-order valence-electron chi connectivity index (χ2n) is 3.89. The zero-order chi connectivity index (χ0) is 11.7. The maximum absolute atomic E-state index is 11.3. The molecule has 2 N–H and O–H groups in total. The molecule has 0 atom stereocenters. The molecular weight excluding hydrogens is 222 g/mol. The van der Waals surface area contributed by atoms with Crippen LogP contribution < -0.4 is 0 Å². The molecule has 0 bridgehead atoms. The van der Waals surface area contributed by atoms with Gasteiger partial charge in [0, 0.05) is 13.1 Å². The largest absolute Gasteiger partial charge is 0.480 e. The molecule has 1 aliphatic rings. The van der Waals surface area contributed by atoms with Crippen LogP contribution in [0.5, 0.6) is 0 Å². The summed E-state index contributed by atoms with van der Waals surface area (Å²) in [4.78, 5) is 10.3. The Hall–Kier alpha value is -0.660. The highest BCUT2D eigenvalue weighted by Gasteiger charge is 2.46. The highest BCUT2D eigenvalue weighted by molar-refractivity contribution is 7.89. The number of carbonyl (C=O) groups is 1. The molecular formula is C8H15NO5S. The molecule has 0 saturated carbocycles. The first-order chi connectivity index (χ1) is 6.79. The van der Waals surface area contributed by atoms with Crippen molar-refractivity contribution < 1.29 is 23.4 Å². The predicted octanol–water partition coefficient (Wildman–Crippen LogP) is -0.752. The molecule has 88 valence electrons. The molecule has 1 fully saturated rings. The molecule has 0 unspecified atom stereocenters. The molecule has 0 aromatic carbocycles. The molecule has 6 nitrogen and oxygen atoms in total. The van der Waals surface area contributed by atoms with Gasteiger partial charge in [-0.05, 0) is 6.42 Å². The average molecular weight is 237 g/mol. The Bertz CT molecular complexity index is 344. The lowest BCUT2D eigenvalue weighted by Gasteiger charge is -2.45. The summed E-state index contributed by atoms with van der Waals surface area (Å²) in [6.45, 7) is 1.92. The van der Waals surface area contributed by atoms with E-state index >= 15 is 0 Å². The molecule has 1 heterocycles. The van der Waals surface area contributed by atoms with Crippen molar-refractivity contribution in [2.45, 2.75) is 25.4 Å². The van der Waals surface area contributed by atoms with E-state index in [1.165, 1.54) is 0 Å². The number of nitrogens with zero attached hydrogens (tertiary/aromatic N) is 1. The standard InChI is InChI=1S/C8H15NO5S/c1-2-3-8(12)5-9(6-8)15(13,14)4-7(10)11/h12H,2-6H2,1H3,(H,10,11). The highest BCUT2D eigenvalue weighted by Crippen LogP contribution is 2.28. The van der Waals surface area contributed by atoms with Crippen LogP contribution in [-0.2, 0) is 14.8 Å². The fourth-order valence-electron chi connectivity index (χ4n) is 1.68. The van der Waals surface area contributed by atoms with Crippen molar-refractivity contribution in [1.82, 2.24) is 4.31 Å². The Balaban J connectivity index is 2.54. The molecule has 1 rings (SSSR count). The number of hydrogen-bond donors (Lipinski definition) is 2. The van der Waals surface area contributed by atoms with E-state index in [0.29, 0.717) is 6.42 Å². The lowest BCUT2D eigenvalue weighted by Crippen LogP contribution is -2.63. The first-order valence-electron chi connectivity index (χ1n) is 4.71. The maximum Gasteiger partial charge on any atom is 0.320 e. The van der Waals surface area contributed by atoms with Crippen LogP contribution in [0.1, 0.15) is 19.8 Å². The Labute approximate surface area is 88.6 Å². The first-order valence-corrected chi connectivity index (χ1v) is 6.32. The minimum absolute atomic E-state index is 0.0104. The molecule has 15 heavy (non-hydrogen) atoms. The van der Waals surface area contributed by atoms with Gasteiger partial charge in [0.15, 0.2) is 5.75 Å². The van der Waals surface area contributed by atoms with Crippen LogP contribution in [0.2, 0.25) is 0 Å². The third-order valence-electron chi connectivity index (χ3n) is 2.36. The van der Waals surface area contributed by atoms with E-state index in [9.17, 15) is 18.3 Å². The summed E-state index contributed by atoms with van der Waals surface area (Å²) in [5, 5.41) is 18.1. The molecule has 1 aliphatic heterocycles. The van der Waals surface area contributed by atoms with Crippen LogP contribution in [0.15, 0.2) is 0 Å². The van der Waals surface area contributed by atoms with Gasteiger partial charge in [-0.3, -0.25) is 4.79 Å². The number of carboxylic acid groups (broad SMARTS) is 1. The summed E-state index contributed by atoms with van der Waals surface area (Å²) < 4.78 is 23.7. The second-order valence-corrected chi connectivity index (χ2v) is 5.86. The number of β-amino-alcohol motifs (C(OH)–C–C–N with tert-alkyl or cyclic N) is 1. The molecule has 0 aromatic heterocycles. The zero-order valence-corrected chi connectivity index (χ0v) is 9.33. The third kappa shape index (κ3) is 2.90. The topological polar surface area (TPSA) is 94.9 Å². The number of aliphatic hydroxyl groups is 1. The maximum atomic E-state index is 11.3. The minimum Gasteiger partial charge on any atom is -0.480 e. The van der Waals surface area contributed by atoms with E-state index in [4.69, 9.17) is 5.11 Å². The van der Waals surface area contributed by atoms with Crippen LogP contribution in [0.3, 0.4) is 0 Å². The van der Waals surface area contributed by atoms with Crippen molar-refractivity contribution >= 4 is 16.0 Å². The van der Waals surface area contributed by atoms with Crippen molar-refractivity contribution in [1.29, 1.82) is 0 Å². The normalized spacial score (nSPS) is 20.9. The van der Waals surface area contributed by atoms with E-state index in [-0.39, 0.29) is 13.1 Å². The van der Waals surface area contributed by atoms with E-state index in [1.54, 1.807) is 0 Å². The molecule has 0 radical (unpaired) electrons. The molecule has 0 aromatic rings. The predicted molar refractivity (Wildman–Crippen MR) is 52.9 cm³/mol. The van der Waals surface area contributed by atoms with Crippen molar-refractivity contribution in [3.8, 4) is 0 Å². The molecule has 0 aliphatic carbocycles. The van der Waals surface area contributed by atoms with E-state index in [0.717, 1.165) is 10.7 Å². The van der Waals surface area contributed by atoms with Crippen molar-refractivity contribution in [2.75, 3.05) is 18.8 Å². The number of carboxylic acids is 1. The number of sulfonamides is 1. The SMILES string of the molecule is CCCC1(O)CN(S(=O)(=O)CC(=O)O)C1. The third-order valence-corrected chi connectivity index (χ3v) is 4.01. The fraction of sp³-hybridized carbons (Fsp3) is 0.875. The Morgan fingerprint density at radius 2 is 2.00 bits per heavy atom. The van der Waals surface area contributed by atoms with Gasteiger partial charge in [-0.1, -0.05) is 13.3 Å². The highest BCUT2D eigenvalue weighted by atomic mass is 32.2.